The van der Waals surface area contributed by atoms with Crippen LogP contribution in [0.3, 0.4) is 0 Å². The molecule has 0 spiro atoms. The number of hydrogen-bond acceptors (Lipinski definition) is 2. The molecule has 0 amide bonds. The van der Waals surface area contributed by atoms with Crippen molar-refractivity contribution in [2.45, 2.75) is 18.9 Å². The van der Waals surface area contributed by atoms with E-state index in [0.717, 1.165) is 25.2 Å². The molecule has 1 atom stereocenters. The molecular formula is C15H15NO2. The van der Waals surface area contributed by atoms with Gasteiger partial charge in [-0.3, -0.25) is 0 Å². The number of nitrogens with one attached hydrogen (secondary N) is 1. The molecule has 0 aromatic carbocycles. The Morgan fingerprint density at radius 1 is 1.33 bits per heavy atom. The smallest absolute Gasteiger partial charge is 0.125 e. The topological polar surface area (TPSA) is 37.5 Å². The SMILES string of the molecule is C1=CCc2c3c([nH]c2=C1)=CCC=C3OC[C@H]1CO1. The highest BCUT2D eigenvalue weighted by atomic mass is 16.6. The molecule has 3 nitrogen and oxygen atoms in total. The maximum Gasteiger partial charge on any atom is 0.125 e. The largest absolute Gasteiger partial charge is 0.490 e. The van der Waals surface area contributed by atoms with Gasteiger partial charge in [-0.15, -0.1) is 0 Å². The maximum absolute atomic E-state index is 5.92. The molecule has 1 saturated heterocycles. The normalized spacial score (nSPS) is 23.3. The lowest BCUT2D eigenvalue weighted by Gasteiger charge is -2.13. The third-order valence-corrected chi connectivity index (χ3v) is 3.59. The van der Waals surface area contributed by atoms with Crippen molar-refractivity contribution in [1.29, 1.82) is 0 Å². The molecule has 0 radical (unpaired) electrons. The van der Waals surface area contributed by atoms with Gasteiger partial charge < -0.3 is 14.5 Å². The molecule has 1 N–H and O–H groups in total. The third-order valence-electron chi connectivity index (χ3n) is 3.59. The van der Waals surface area contributed by atoms with Gasteiger partial charge in [-0.25, -0.2) is 0 Å². The van der Waals surface area contributed by atoms with Crippen LogP contribution in [-0.2, 0) is 15.9 Å². The molecule has 2 heterocycles. The monoisotopic (exact) mass is 241 g/mol. The minimum absolute atomic E-state index is 0.307. The highest BCUT2D eigenvalue weighted by Gasteiger charge is 2.25. The fourth-order valence-corrected chi connectivity index (χ4v) is 2.58. The number of rotatable bonds is 3. The lowest BCUT2D eigenvalue weighted by atomic mass is 10.0. The summed E-state index contributed by atoms with van der Waals surface area (Å²) >= 11 is 0. The lowest BCUT2D eigenvalue weighted by Crippen LogP contribution is -2.14. The standard InChI is InChI=1S/C15H15NO2/c1-2-5-12-11(4-1)15-13(16-12)6-3-7-14(15)18-9-10-8-17-10/h1-2,5-7,10,16H,3-4,8-9H2/t10-/m1/s1. The Bertz CT molecular complexity index is 659. The lowest BCUT2D eigenvalue weighted by molar-refractivity contribution is 0.232. The van der Waals surface area contributed by atoms with Crippen LogP contribution in [0, 0.1) is 0 Å². The molecule has 1 aliphatic heterocycles. The Labute approximate surface area is 105 Å². The van der Waals surface area contributed by atoms with Gasteiger partial charge in [-0.1, -0.05) is 18.2 Å². The van der Waals surface area contributed by atoms with Gasteiger partial charge in [-0.05, 0) is 30.6 Å². The molecule has 3 aliphatic rings. The van der Waals surface area contributed by atoms with Gasteiger partial charge in [0.2, 0.25) is 0 Å². The number of hydrogen-bond donors (Lipinski definition) is 1. The minimum Gasteiger partial charge on any atom is -0.490 e. The maximum atomic E-state index is 5.92. The zero-order chi connectivity index (χ0) is 11.9. The van der Waals surface area contributed by atoms with Crippen molar-refractivity contribution in [3.8, 4) is 0 Å². The number of ether oxygens (including phenoxy) is 2. The number of allylic oxidation sites excluding steroid dienone is 3. The highest BCUT2D eigenvalue weighted by Crippen LogP contribution is 2.22. The van der Waals surface area contributed by atoms with E-state index in [4.69, 9.17) is 9.47 Å². The summed E-state index contributed by atoms with van der Waals surface area (Å²) in [5.74, 6) is 1.02. The summed E-state index contributed by atoms with van der Waals surface area (Å²) in [6, 6.07) is 0. The summed E-state index contributed by atoms with van der Waals surface area (Å²) < 4.78 is 11.1. The summed E-state index contributed by atoms with van der Waals surface area (Å²) in [5.41, 5.74) is 2.60. The molecule has 0 bridgehead atoms. The van der Waals surface area contributed by atoms with Gasteiger partial charge in [0.1, 0.15) is 18.5 Å². The van der Waals surface area contributed by atoms with Gasteiger partial charge >= 0.3 is 0 Å². The molecular weight excluding hydrogens is 226 g/mol. The molecule has 1 aromatic rings. The fraction of sp³-hybridized carbons (Fsp3) is 0.333. The van der Waals surface area contributed by atoms with Crippen LogP contribution < -0.4 is 10.7 Å². The van der Waals surface area contributed by atoms with Crippen molar-refractivity contribution in [2.75, 3.05) is 13.2 Å². The van der Waals surface area contributed by atoms with E-state index in [1.807, 2.05) is 0 Å². The van der Waals surface area contributed by atoms with E-state index in [1.165, 1.54) is 21.8 Å². The van der Waals surface area contributed by atoms with Gasteiger partial charge in [0, 0.05) is 16.3 Å². The van der Waals surface area contributed by atoms with E-state index >= 15 is 0 Å². The number of aromatic amines is 1. The summed E-state index contributed by atoms with van der Waals surface area (Å²) in [5, 5.41) is 2.42. The number of fused-ring (bicyclic) bond motifs is 3. The molecule has 1 aromatic heterocycles. The first-order chi connectivity index (χ1) is 8.92. The van der Waals surface area contributed by atoms with E-state index in [-0.39, 0.29) is 0 Å². The summed E-state index contributed by atoms with van der Waals surface area (Å²) in [6.07, 6.45) is 13.0. The van der Waals surface area contributed by atoms with Crippen molar-refractivity contribution in [1.82, 2.24) is 4.98 Å². The van der Waals surface area contributed by atoms with Gasteiger partial charge in [0.15, 0.2) is 0 Å². The Hall–Kier alpha value is -1.74. The first-order valence-corrected chi connectivity index (χ1v) is 6.44. The van der Waals surface area contributed by atoms with Gasteiger partial charge in [0.05, 0.1) is 6.61 Å². The zero-order valence-corrected chi connectivity index (χ0v) is 10.1. The number of aromatic nitrogens is 1. The number of epoxide rings is 1. The molecule has 3 heteroatoms. The van der Waals surface area contributed by atoms with Crippen molar-refractivity contribution in [3.63, 3.8) is 0 Å². The van der Waals surface area contributed by atoms with Crippen molar-refractivity contribution in [3.05, 3.63) is 40.1 Å². The molecule has 2 aliphatic carbocycles. The minimum atomic E-state index is 0.307. The summed E-state index contributed by atoms with van der Waals surface area (Å²) in [6.45, 7) is 1.51. The quantitative estimate of drug-likeness (QED) is 0.797. The van der Waals surface area contributed by atoms with Gasteiger partial charge in [-0.2, -0.15) is 0 Å². The Morgan fingerprint density at radius 3 is 3.17 bits per heavy atom. The van der Waals surface area contributed by atoms with Crippen LogP contribution in [-0.4, -0.2) is 24.3 Å². The summed E-state index contributed by atoms with van der Waals surface area (Å²) in [7, 11) is 0. The van der Waals surface area contributed by atoms with Crippen molar-refractivity contribution in [2.24, 2.45) is 0 Å². The molecule has 92 valence electrons. The first kappa shape index (κ1) is 10.2. The van der Waals surface area contributed by atoms with E-state index in [1.54, 1.807) is 0 Å². The van der Waals surface area contributed by atoms with Crippen LogP contribution >= 0.6 is 0 Å². The van der Waals surface area contributed by atoms with Crippen molar-refractivity contribution < 1.29 is 9.47 Å². The van der Waals surface area contributed by atoms with Crippen molar-refractivity contribution >= 4 is 17.9 Å². The zero-order valence-electron chi connectivity index (χ0n) is 10.1. The molecule has 18 heavy (non-hydrogen) atoms. The Morgan fingerprint density at radius 2 is 2.28 bits per heavy atom. The predicted molar refractivity (Wildman–Crippen MR) is 70.1 cm³/mol. The van der Waals surface area contributed by atoms with Crippen LogP contribution in [0.1, 0.15) is 17.5 Å². The highest BCUT2D eigenvalue weighted by molar-refractivity contribution is 5.69. The van der Waals surface area contributed by atoms with Gasteiger partial charge in [0.25, 0.3) is 0 Å². The second kappa shape index (κ2) is 3.89. The Kier molecular flexibility index (Phi) is 2.20. The van der Waals surface area contributed by atoms with E-state index in [0.29, 0.717) is 12.7 Å². The Balaban J connectivity index is 1.75. The van der Waals surface area contributed by atoms with Crippen LogP contribution in [0.5, 0.6) is 0 Å². The van der Waals surface area contributed by atoms with E-state index in [9.17, 15) is 0 Å². The summed E-state index contributed by atoms with van der Waals surface area (Å²) in [4.78, 5) is 3.47. The first-order valence-electron chi connectivity index (χ1n) is 6.44. The van der Waals surface area contributed by atoms with Crippen LogP contribution in [0.15, 0.2) is 18.2 Å². The second-order valence-corrected chi connectivity index (χ2v) is 4.88. The fourth-order valence-electron chi connectivity index (χ4n) is 2.58. The van der Waals surface area contributed by atoms with Crippen LogP contribution in [0.4, 0.5) is 0 Å². The predicted octanol–water partition coefficient (Wildman–Crippen LogP) is 0.848. The van der Waals surface area contributed by atoms with E-state index < -0.39 is 0 Å². The second-order valence-electron chi connectivity index (χ2n) is 4.88. The molecule has 0 unspecified atom stereocenters. The van der Waals surface area contributed by atoms with E-state index in [2.05, 4.69) is 35.4 Å². The molecule has 0 saturated carbocycles. The average molecular weight is 241 g/mol. The third kappa shape index (κ3) is 1.63. The average Bonchev–Trinajstić information content (AvgIpc) is 3.15. The molecule has 1 fully saturated rings. The number of H-pyrrole nitrogens is 1. The van der Waals surface area contributed by atoms with Crippen LogP contribution in [0.25, 0.3) is 17.9 Å². The van der Waals surface area contributed by atoms with Crippen LogP contribution in [0.2, 0.25) is 0 Å². The molecule has 4 rings (SSSR count).